The van der Waals surface area contributed by atoms with Crippen LogP contribution in [-0.2, 0) is 0 Å². The second-order valence-electron chi connectivity index (χ2n) is 5.10. The molecule has 0 amide bonds. The molecule has 1 aromatic carbocycles. The first-order valence-corrected chi connectivity index (χ1v) is 6.92. The third-order valence-electron chi connectivity index (χ3n) is 3.37. The van der Waals surface area contributed by atoms with Crippen LogP contribution in [-0.4, -0.2) is 35.6 Å². The largest absolute Gasteiger partial charge is 0.382 e. The number of aromatic amines is 2. The molecular formula is C14H13N9. The van der Waals surface area contributed by atoms with E-state index in [1.807, 2.05) is 31.2 Å². The number of rotatable bonds is 3. The Morgan fingerprint density at radius 2 is 2.04 bits per heavy atom. The molecule has 0 atom stereocenters. The number of nitrogens with two attached hydrogens (primary N) is 1. The molecule has 9 nitrogen and oxygen atoms in total. The second kappa shape index (κ2) is 5.05. The predicted molar refractivity (Wildman–Crippen MR) is 85.9 cm³/mol. The van der Waals surface area contributed by atoms with Crippen molar-refractivity contribution < 1.29 is 0 Å². The van der Waals surface area contributed by atoms with Gasteiger partial charge in [-0.3, -0.25) is 10.2 Å². The fraction of sp³-hybridized carbons (Fsp3) is 0.0714. The van der Waals surface area contributed by atoms with E-state index in [0.29, 0.717) is 17.5 Å². The van der Waals surface area contributed by atoms with E-state index in [2.05, 4.69) is 40.9 Å². The zero-order valence-electron chi connectivity index (χ0n) is 12.2. The highest BCUT2D eigenvalue weighted by Crippen LogP contribution is 2.25. The van der Waals surface area contributed by atoms with Crippen molar-refractivity contribution in [2.24, 2.45) is 0 Å². The van der Waals surface area contributed by atoms with E-state index in [4.69, 9.17) is 5.73 Å². The molecular weight excluding hydrogens is 294 g/mol. The first-order valence-electron chi connectivity index (χ1n) is 6.92. The molecule has 9 heteroatoms. The van der Waals surface area contributed by atoms with Crippen LogP contribution in [0.2, 0.25) is 0 Å². The van der Waals surface area contributed by atoms with E-state index in [-0.39, 0.29) is 5.82 Å². The van der Waals surface area contributed by atoms with Gasteiger partial charge >= 0.3 is 0 Å². The zero-order valence-corrected chi connectivity index (χ0v) is 12.2. The number of nitrogens with zero attached hydrogens (tertiary/aromatic N) is 5. The smallest absolute Gasteiger partial charge is 0.250 e. The minimum absolute atomic E-state index is 0.286. The lowest BCUT2D eigenvalue weighted by atomic mass is 10.1. The molecule has 4 rings (SSSR count). The third-order valence-corrected chi connectivity index (χ3v) is 3.37. The summed E-state index contributed by atoms with van der Waals surface area (Å²) in [4.78, 5) is 4.24. The molecule has 5 N–H and O–H groups in total. The minimum atomic E-state index is 0.286. The van der Waals surface area contributed by atoms with E-state index in [1.165, 1.54) is 0 Å². The Morgan fingerprint density at radius 3 is 2.83 bits per heavy atom. The summed E-state index contributed by atoms with van der Waals surface area (Å²) < 4.78 is 0. The number of nitrogen functional groups attached to an aromatic ring is 1. The highest BCUT2D eigenvalue weighted by atomic mass is 15.3. The van der Waals surface area contributed by atoms with Gasteiger partial charge in [0.05, 0.1) is 11.7 Å². The number of benzene rings is 1. The van der Waals surface area contributed by atoms with Crippen LogP contribution >= 0.6 is 0 Å². The Balaban J connectivity index is 1.67. The van der Waals surface area contributed by atoms with Crippen LogP contribution in [0.3, 0.4) is 0 Å². The minimum Gasteiger partial charge on any atom is -0.382 e. The molecule has 4 aromatic rings. The molecule has 0 aliphatic rings. The lowest BCUT2D eigenvalue weighted by Crippen LogP contribution is -2.05. The van der Waals surface area contributed by atoms with Crippen molar-refractivity contribution in [3.63, 3.8) is 0 Å². The molecule has 3 aromatic heterocycles. The van der Waals surface area contributed by atoms with E-state index in [1.54, 1.807) is 6.20 Å². The molecule has 114 valence electrons. The zero-order chi connectivity index (χ0) is 15.8. The molecule has 0 saturated heterocycles. The summed E-state index contributed by atoms with van der Waals surface area (Å²) >= 11 is 0. The van der Waals surface area contributed by atoms with Crippen LogP contribution in [0.25, 0.3) is 22.2 Å². The van der Waals surface area contributed by atoms with Gasteiger partial charge in [-0.05, 0) is 13.0 Å². The van der Waals surface area contributed by atoms with Gasteiger partial charge in [0, 0.05) is 22.7 Å². The number of aryl methyl sites for hydroxylation is 1. The van der Waals surface area contributed by atoms with Gasteiger partial charge in [-0.15, -0.1) is 10.2 Å². The van der Waals surface area contributed by atoms with Crippen LogP contribution < -0.4 is 11.1 Å². The number of hydrogen-bond acceptors (Lipinski definition) is 7. The molecule has 3 heterocycles. The Hall–Kier alpha value is -3.49. The summed E-state index contributed by atoms with van der Waals surface area (Å²) in [6.45, 7) is 1.90. The van der Waals surface area contributed by atoms with Crippen molar-refractivity contribution in [2.75, 3.05) is 11.1 Å². The molecule has 0 aliphatic carbocycles. The summed E-state index contributed by atoms with van der Waals surface area (Å²) in [5.74, 6) is 1.18. The Kier molecular flexibility index (Phi) is 2.90. The van der Waals surface area contributed by atoms with E-state index >= 15 is 0 Å². The van der Waals surface area contributed by atoms with Gasteiger partial charge in [-0.25, -0.2) is 0 Å². The molecule has 0 aliphatic heterocycles. The van der Waals surface area contributed by atoms with Crippen LogP contribution in [0.1, 0.15) is 5.69 Å². The SMILES string of the molecule is Cc1cc(Nc2nnc(-c3ccc4cn[nH]c4c3)c(N)n2)n[nH]1. The molecule has 0 fully saturated rings. The van der Waals surface area contributed by atoms with Crippen LogP contribution in [0.4, 0.5) is 17.6 Å². The monoisotopic (exact) mass is 307 g/mol. The molecule has 0 spiro atoms. The quantitative estimate of drug-likeness (QED) is 0.453. The van der Waals surface area contributed by atoms with Gasteiger partial charge in [-0.2, -0.15) is 15.2 Å². The summed E-state index contributed by atoms with van der Waals surface area (Å²) in [6.07, 6.45) is 1.76. The maximum atomic E-state index is 6.02. The van der Waals surface area contributed by atoms with Crippen LogP contribution in [0, 0.1) is 6.92 Å². The number of aromatic nitrogens is 7. The first kappa shape index (κ1) is 13.2. The summed E-state index contributed by atoms with van der Waals surface area (Å²) in [7, 11) is 0. The normalized spacial score (nSPS) is 11.0. The number of nitrogens with one attached hydrogen (secondary N) is 3. The van der Waals surface area contributed by atoms with Gasteiger partial charge in [0.2, 0.25) is 5.95 Å². The highest BCUT2D eigenvalue weighted by molar-refractivity contribution is 5.84. The van der Waals surface area contributed by atoms with Gasteiger partial charge in [0.15, 0.2) is 11.6 Å². The predicted octanol–water partition coefficient (Wildman–Crippen LogP) is 1.77. The van der Waals surface area contributed by atoms with Crippen LogP contribution in [0.5, 0.6) is 0 Å². The van der Waals surface area contributed by atoms with Gasteiger partial charge in [-0.1, -0.05) is 12.1 Å². The number of hydrogen-bond donors (Lipinski definition) is 4. The fourth-order valence-corrected chi connectivity index (χ4v) is 2.28. The standard InChI is InChI=1S/C14H13N9/c1-7-4-11(21-19-7)17-14-18-13(15)12(22-23-14)8-2-3-9-6-16-20-10(9)5-8/h2-6H,1H3,(H,16,20)(H4,15,17,18,19,21,23). The number of H-pyrrole nitrogens is 2. The Bertz CT molecular complexity index is 985. The molecule has 23 heavy (non-hydrogen) atoms. The molecule has 0 bridgehead atoms. The summed E-state index contributed by atoms with van der Waals surface area (Å²) in [5.41, 5.74) is 9.19. The Labute approximate surface area is 130 Å². The highest BCUT2D eigenvalue weighted by Gasteiger charge is 2.11. The second-order valence-corrected chi connectivity index (χ2v) is 5.10. The van der Waals surface area contributed by atoms with Crippen molar-refractivity contribution in [1.29, 1.82) is 0 Å². The number of anilines is 3. The van der Waals surface area contributed by atoms with Crippen molar-refractivity contribution in [3.05, 3.63) is 36.2 Å². The van der Waals surface area contributed by atoms with Crippen molar-refractivity contribution in [3.8, 4) is 11.3 Å². The number of fused-ring (bicyclic) bond motifs is 1. The van der Waals surface area contributed by atoms with E-state index in [9.17, 15) is 0 Å². The summed E-state index contributed by atoms with van der Waals surface area (Å²) in [5, 5.41) is 26.0. The van der Waals surface area contributed by atoms with Crippen molar-refractivity contribution >= 4 is 28.5 Å². The van der Waals surface area contributed by atoms with Crippen molar-refractivity contribution in [1.82, 2.24) is 35.6 Å². The van der Waals surface area contributed by atoms with Crippen LogP contribution in [0.15, 0.2) is 30.5 Å². The lowest BCUT2D eigenvalue weighted by molar-refractivity contribution is 0.983. The topological polar surface area (TPSA) is 134 Å². The summed E-state index contributed by atoms with van der Waals surface area (Å²) in [6, 6.07) is 7.59. The van der Waals surface area contributed by atoms with E-state index in [0.717, 1.165) is 22.2 Å². The lowest BCUT2D eigenvalue weighted by Gasteiger charge is -2.06. The molecule has 0 unspecified atom stereocenters. The fourth-order valence-electron chi connectivity index (χ4n) is 2.28. The Morgan fingerprint density at radius 1 is 1.13 bits per heavy atom. The maximum Gasteiger partial charge on any atom is 0.250 e. The maximum absolute atomic E-state index is 6.02. The molecule has 0 saturated carbocycles. The third kappa shape index (κ3) is 2.44. The average molecular weight is 307 g/mol. The average Bonchev–Trinajstić information content (AvgIpc) is 3.15. The van der Waals surface area contributed by atoms with E-state index < -0.39 is 0 Å². The van der Waals surface area contributed by atoms with Gasteiger partial charge in [0.1, 0.15) is 5.69 Å². The van der Waals surface area contributed by atoms with Crippen molar-refractivity contribution in [2.45, 2.75) is 6.92 Å². The first-order chi connectivity index (χ1) is 11.2. The van der Waals surface area contributed by atoms with Gasteiger partial charge < -0.3 is 11.1 Å². The molecule has 0 radical (unpaired) electrons. The van der Waals surface area contributed by atoms with Gasteiger partial charge in [0.25, 0.3) is 0 Å².